The molecule has 0 fully saturated rings. The second-order valence-corrected chi connectivity index (χ2v) is 4.07. The van der Waals surface area contributed by atoms with Crippen molar-refractivity contribution in [3.63, 3.8) is 0 Å². The molecule has 0 heterocycles. The minimum absolute atomic E-state index is 0.118. The van der Waals surface area contributed by atoms with Crippen molar-refractivity contribution >= 4 is 11.9 Å². The van der Waals surface area contributed by atoms with Crippen LogP contribution in [0.5, 0.6) is 0 Å². The van der Waals surface area contributed by atoms with Crippen LogP contribution in [-0.4, -0.2) is 42.8 Å². The third kappa shape index (κ3) is 4.16. The minimum atomic E-state index is -1.05. The van der Waals surface area contributed by atoms with Crippen LogP contribution in [-0.2, 0) is 14.3 Å². The molecule has 4 N–H and O–H groups in total. The van der Waals surface area contributed by atoms with Crippen LogP contribution < -0.4 is 11.1 Å². The van der Waals surface area contributed by atoms with Crippen LogP contribution >= 0.6 is 0 Å². The number of nitrogens with two attached hydrogens (primary N) is 1. The van der Waals surface area contributed by atoms with Crippen LogP contribution in [0, 0.1) is 5.92 Å². The van der Waals surface area contributed by atoms with Crippen LogP contribution in [0.1, 0.15) is 12.8 Å². The Hall–Kier alpha value is -1.40. The number of carbonyl (C=O) groups is 2. The van der Waals surface area contributed by atoms with Gasteiger partial charge in [-0.25, -0.2) is 4.79 Å². The molecule has 6 nitrogen and oxygen atoms in total. The topological polar surface area (TPSA) is 102 Å². The lowest BCUT2D eigenvalue weighted by Gasteiger charge is -2.16. The Balaban J connectivity index is 2.46. The Morgan fingerprint density at radius 2 is 2.29 bits per heavy atom. The number of carboxylic acid groups (broad SMARTS) is 1. The molecule has 0 spiro atoms. The van der Waals surface area contributed by atoms with Crippen LogP contribution in [0.2, 0.25) is 0 Å². The number of hydrogen-bond donors (Lipinski definition) is 3. The lowest BCUT2D eigenvalue weighted by Crippen LogP contribution is -2.44. The molecule has 1 amide bonds. The highest BCUT2D eigenvalue weighted by atomic mass is 16.5. The molecule has 6 heteroatoms. The van der Waals surface area contributed by atoms with E-state index in [-0.39, 0.29) is 30.9 Å². The average molecular weight is 242 g/mol. The van der Waals surface area contributed by atoms with Gasteiger partial charge in [-0.2, -0.15) is 0 Å². The number of nitrogens with one attached hydrogen (secondary N) is 1. The van der Waals surface area contributed by atoms with Crippen molar-refractivity contribution < 1.29 is 19.4 Å². The molecule has 0 saturated heterocycles. The third-order valence-corrected chi connectivity index (χ3v) is 2.68. The van der Waals surface area contributed by atoms with Gasteiger partial charge >= 0.3 is 5.97 Å². The van der Waals surface area contributed by atoms with E-state index in [1.165, 1.54) is 7.11 Å². The Morgan fingerprint density at radius 3 is 2.76 bits per heavy atom. The van der Waals surface area contributed by atoms with Gasteiger partial charge < -0.3 is 20.9 Å². The average Bonchev–Trinajstić information content (AvgIpc) is 2.70. The highest BCUT2D eigenvalue weighted by Gasteiger charge is 2.26. The summed E-state index contributed by atoms with van der Waals surface area (Å²) in [6.07, 6.45) is 4.26. The number of carbonyl (C=O) groups excluding carboxylic acids is 1. The van der Waals surface area contributed by atoms with E-state index in [1.807, 2.05) is 0 Å². The number of methoxy groups -OCH3 is 1. The summed E-state index contributed by atoms with van der Waals surface area (Å²) in [7, 11) is 1.49. The molecule has 96 valence electrons. The largest absolute Gasteiger partial charge is 0.480 e. The van der Waals surface area contributed by atoms with Gasteiger partial charge in [0.05, 0.1) is 5.92 Å². The van der Waals surface area contributed by atoms with Gasteiger partial charge in [0.1, 0.15) is 6.04 Å². The predicted octanol–water partition coefficient (Wildman–Crippen LogP) is -0.504. The van der Waals surface area contributed by atoms with Crippen LogP contribution in [0.3, 0.4) is 0 Å². The van der Waals surface area contributed by atoms with E-state index in [0.29, 0.717) is 6.42 Å². The van der Waals surface area contributed by atoms with Crippen molar-refractivity contribution in [3.05, 3.63) is 12.2 Å². The molecule has 0 aromatic heterocycles. The van der Waals surface area contributed by atoms with Gasteiger partial charge in [0.25, 0.3) is 0 Å². The van der Waals surface area contributed by atoms with E-state index in [2.05, 4.69) is 5.32 Å². The molecule has 0 aliphatic heterocycles. The fourth-order valence-corrected chi connectivity index (χ4v) is 1.69. The van der Waals surface area contributed by atoms with Gasteiger partial charge in [-0.1, -0.05) is 12.2 Å². The Kier molecular flexibility index (Phi) is 5.11. The third-order valence-electron chi connectivity index (χ3n) is 2.68. The summed E-state index contributed by atoms with van der Waals surface area (Å²) in [6.45, 7) is 0.289. The molecular formula is C11H18N2O4. The van der Waals surface area contributed by atoms with Crippen molar-refractivity contribution in [1.82, 2.24) is 5.32 Å². The Bertz CT molecular complexity index is 317. The van der Waals surface area contributed by atoms with E-state index in [1.54, 1.807) is 12.2 Å². The van der Waals surface area contributed by atoms with Crippen molar-refractivity contribution in [2.75, 3.05) is 13.7 Å². The molecular weight excluding hydrogens is 224 g/mol. The zero-order valence-corrected chi connectivity index (χ0v) is 9.76. The summed E-state index contributed by atoms with van der Waals surface area (Å²) in [4.78, 5) is 22.7. The molecule has 17 heavy (non-hydrogen) atoms. The number of amides is 1. The summed E-state index contributed by atoms with van der Waals surface area (Å²) in [5.74, 6) is -1.67. The van der Waals surface area contributed by atoms with Gasteiger partial charge in [-0.3, -0.25) is 4.79 Å². The van der Waals surface area contributed by atoms with Crippen molar-refractivity contribution in [2.45, 2.75) is 24.9 Å². The van der Waals surface area contributed by atoms with Crippen molar-refractivity contribution in [2.24, 2.45) is 11.7 Å². The number of carboxylic acids is 1. The van der Waals surface area contributed by atoms with E-state index in [9.17, 15) is 9.59 Å². The van der Waals surface area contributed by atoms with Gasteiger partial charge in [-0.15, -0.1) is 0 Å². The summed E-state index contributed by atoms with van der Waals surface area (Å²) in [5.41, 5.74) is 5.63. The standard InChI is InChI=1S/C11H18N2O4/c1-17-5-4-9(11(15)16)13-10(14)7-2-3-8(12)6-7/h2-3,7-9H,4-6,12H2,1H3,(H,13,14)(H,15,16). The number of ether oxygens (including phenoxy) is 1. The van der Waals surface area contributed by atoms with Crippen LogP contribution in [0.15, 0.2) is 12.2 Å². The monoisotopic (exact) mass is 242 g/mol. The molecule has 0 aromatic rings. The lowest BCUT2D eigenvalue weighted by atomic mass is 10.1. The van der Waals surface area contributed by atoms with E-state index < -0.39 is 12.0 Å². The summed E-state index contributed by atoms with van der Waals surface area (Å²) in [5, 5.41) is 11.4. The number of aliphatic carboxylic acids is 1. The number of hydrogen-bond acceptors (Lipinski definition) is 4. The van der Waals surface area contributed by atoms with Crippen LogP contribution in [0.4, 0.5) is 0 Å². The molecule has 0 saturated carbocycles. The quantitative estimate of drug-likeness (QED) is 0.545. The van der Waals surface area contributed by atoms with Gasteiger partial charge in [0.2, 0.25) is 5.91 Å². The maximum atomic E-state index is 11.7. The smallest absolute Gasteiger partial charge is 0.326 e. The molecule has 0 aromatic carbocycles. The summed E-state index contributed by atoms with van der Waals surface area (Å²) >= 11 is 0. The van der Waals surface area contributed by atoms with E-state index >= 15 is 0 Å². The molecule has 1 aliphatic rings. The van der Waals surface area contributed by atoms with E-state index in [4.69, 9.17) is 15.6 Å². The lowest BCUT2D eigenvalue weighted by molar-refractivity contribution is -0.142. The SMILES string of the molecule is COCCC(NC(=O)C1C=CC(N)C1)C(=O)O. The van der Waals surface area contributed by atoms with Gasteiger partial charge in [-0.05, 0) is 6.42 Å². The zero-order valence-electron chi connectivity index (χ0n) is 9.76. The fourth-order valence-electron chi connectivity index (χ4n) is 1.69. The van der Waals surface area contributed by atoms with Gasteiger partial charge in [0.15, 0.2) is 0 Å². The molecule has 1 rings (SSSR count). The Labute approximate surface area is 99.8 Å². The Morgan fingerprint density at radius 1 is 1.59 bits per heavy atom. The summed E-state index contributed by atoms with van der Waals surface area (Å²) < 4.78 is 4.80. The first-order valence-corrected chi connectivity index (χ1v) is 5.50. The second-order valence-electron chi connectivity index (χ2n) is 4.07. The maximum Gasteiger partial charge on any atom is 0.326 e. The van der Waals surface area contributed by atoms with Crippen LogP contribution in [0.25, 0.3) is 0 Å². The summed E-state index contributed by atoms with van der Waals surface area (Å²) in [6, 6.07) is -1.03. The minimum Gasteiger partial charge on any atom is -0.480 e. The van der Waals surface area contributed by atoms with Gasteiger partial charge in [0, 0.05) is 26.2 Å². The first-order chi connectivity index (χ1) is 8.04. The zero-order chi connectivity index (χ0) is 12.8. The highest BCUT2D eigenvalue weighted by Crippen LogP contribution is 2.16. The predicted molar refractivity (Wildman–Crippen MR) is 61.3 cm³/mol. The first-order valence-electron chi connectivity index (χ1n) is 5.50. The molecule has 1 aliphatic carbocycles. The van der Waals surface area contributed by atoms with E-state index in [0.717, 1.165) is 0 Å². The normalized spacial score (nSPS) is 24.6. The fraction of sp³-hybridized carbons (Fsp3) is 0.636. The van der Waals surface area contributed by atoms with Crippen molar-refractivity contribution in [1.29, 1.82) is 0 Å². The molecule has 3 atom stereocenters. The highest BCUT2D eigenvalue weighted by molar-refractivity contribution is 5.86. The number of rotatable bonds is 6. The maximum absolute atomic E-state index is 11.7. The second kappa shape index (κ2) is 6.36. The van der Waals surface area contributed by atoms with Crippen molar-refractivity contribution in [3.8, 4) is 0 Å². The molecule has 0 radical (unpaired) electrons. The molecule has 0 bridgehead atoms. The first kappa shape index (κ1) is 13.7. The molecule has 3 unspecified atom stereocenters.